The van der Waals surface area contributed by atoms with Gasteiger partial charge in [0.1, 0.15) is 0 Å². The van der Waals surface area contributed by atoms with Crippen LogP contribution in [0.25, 0.3) is 0 Å². The molecule has 1 aromatic rings. The molecule has 0 radical (unpaired) electrons. The monoisotopic (exact) mass is 260 g/mol. The topological polar surface area (TPSA) is 46.3 Å². The molecule has 1 aliphatic carbocycles. The van der Waals surface area contributed by atoms with Crippen molar-refractivity contribution in [2.45, 2.75) is 45.6 Å². The molecule has 2 unspecified atom stereocenters. The minimum Gasteiger partial charge on any atom is -0.328 e. The molecular weight excluding hydrogens is 236 g/mol. The summed E-state index contributed by atoms with van der Waals surface area (Å²) in [5.74, 6) is 0.343. The molecule has 2 rings (SSSR count). The standard InChI is InChI=1S/C16H24N2O/c1-3-18(15-10-5-4-7-12(15)2)16(19)13-8-6-9-14(17)11-13/h4-5,7,10,13-14H,3,6,8-9,11,17H2,1-2H3. The van der Waals surface area contributed by atoms with E-state index < -0.39 is 0 Å². The fourth-order valence-corrected chi connectivity index (χ4v) is 2.98. The van der Waals surface area contributed by atoms with E-state index in [0.29, 0.717) is 0 Å². The number of hydrogen-bond donors (Lipinski definition) is 1. The predicted molar refractivity (Wildman–Crippen MR) is 79.1 cm³/mol. The van der Waals surface area contributed by atoms with Gasteiger partial charge >= 0.3 is 0 Å². The van der Waals surface area contributed by atoms with E-state index in [1.54, 1.807) is 0 Å². The highest BCUT2D eigenvalue weighted by molar-refractivity contribution is 5.95. The lowest BCUT2D eigenvalue weighted by atomic mass is 9.85. The van der Waals surface area contributed by atoms with Crippen molar-refractivity contribution in [3.63, 3.8) is 0 Å². The van der Waals surface area contributed by atoms with Crippen molar-refractivity contribution in [3.05, 3.63) is 29.8 Å². The van der Waals surface area contributed by atoms with Gasteiger partial charge in [-0.3, -0.25) is 4.79 Å². The molecule has 1 aromatic carbocycles. The molecule has 3 heteroatoms. The number of rotatable bonds is 3. The summed E-state index contributed by atoms with van der Waals surface area (Å²) < 4.78 is 0. The molecule has 1 fully saturated rings. The lowest BCUT2D eigenvalue weighted by molar-refractivity contribution is -0.123. The third-order valence-electron chi connectivity index (χ3n) is 4.05. The second-order valence-corrected chi connectivity index (χ2v) is 5.49. The van der Waals surface area contributed by atoms with E-state index in [1.807, 2.05) is 30.0 Å². The number of carbonyl (C=O) groups excluding carboxylic acids is 1. The third-order valence-corrected chi connectivity index (χ3v) is 4.05. The molecule has 1 saturated carbocycles. The Morgan fingerprint density at radius 3 is 2.74 bits per heavy atom. The first-order valence-corrected chi connectivity index (χ1v) is 7.26. The number of benzene rings is 1. The lowest BCUT2D eigenvalue weighted by Crippen LogP contribution is -2.41. The van der Waals surface area contributed by atoms with Crippen LogP contribution in [-0.4, -0.2) is 18.5 Å². The number of nitrogens with two attached hydrogens (primary N) is 1. The highest BCUT2D eigenvalue weighted by Crippen LogP contribution is 2.28. The van der Waals surface area contributed by atoms with Crippen LogP contribution in [0.5, 0.6) is 0 Å². The van der Waals surface area contributed by atoms with Crippen LogP contribution < -0.4 is 10.6 Å². The number of nitrogens with zero attached hydrogens (tertiary/aromatic N) is 1. The molecule has 104 valence electrons. The van der Waals surface area contributed by atoms with Gasteiger partial charge in [-0.2, -0.15) is 0 Å². The molecule has 0 heterocycles. The van der Waals surface area contributed by atoms with Crippen molar-refractivity contribution in [2.75, 3.05) is 11.4 Å². The highest BCUT2D eigenvalue weighted by Gasteiger charge is 2.29. The molecule has 3 nitrogen and oxygen atoms in total. The average molecular weight is 260 g/mol. The van der Waals surface area contributed by atoms with Gasteiger partial charge in [-0.25, -0.2) is 0 Å². The van der Waals surface area contributed by atoms with Gasteiger partial charge in [0.05, 0.1) is 0 Å². The molecule has 1 amide bonds. The van der Waals surface area contributed by atoms with Gasteiger partial charge in [0.25, 0.3) is 0 Å². The van der Waals surface area contributed by atoms with Crippen LogP contribution in [0.3, 0.4) is 0 Å². The minimum absolute atomic E-state index is 0.100. The van der Waals surface area contributed by atoms with Crippen LogP contribution >= 0.6 is 0 Å². The lowest BCUT2D eigenvalue weighted by Gasteiger charge is -2.31. The van der Waals surface area contributed by atoms with Crippen molar-refractivity contribution in [3.8, 4) is 0 Å². The summed E-state index contributed by atoms with van der Waals surface area (Å²) in [6, 6.07) is 8.27. The molecule has 0 aromatic heterocycles. The molecule has 2 N–H and O–H groups in total. The smallest absolute Gasteiger partial charge is 0.230 e. The summed E-state index contributed by atoms with van der Waals surface area (Å²) in [5, 5.41) is 0. The van der Waals surface area contributed by atoms with Gasteiger partial charge in [-0.1, -0.05) is 24.6 Å². The quantitative estimate of drug-likeness (QED) is 0.908. The average Bonchev–Trinajstić information content (AvgIpc) is 2.41. The maximum atomic E-state index is 12.7. The Labute approximate surface area is 115 Å². The molecule has 0 saturated heterocycles. The van der Waals surface area contributed by atoms with Gasteiger partial charge in [0.15, 0.2) is 0 Å². The largest absolute Gasteiger partial charge is 0.328 e. The second kappa shape index (κ2) is 6.20. The highest BCUT2D eigenvalue weighted by atomic mass is 16.2. The predicted octanol–water partition coefficient (Wildman–Crippen LogP) is 2.87. The van der Waals surface area contributed by atoms with Gasteiger partial charge in [0, 0.05) is 24.2 Å². The molecule has 0 bridgehead atoms. The number of anilines is 1. The van der Waals surface area contributed by atoms with Gasteiger partial charge < -0.3 is 10.6 Å². The normalized spacial score (nSPS) is 23.1. The molecule has 19 heavy (non-hydrogen) atoms. The van der Waals surface area contributed by atoms with Crippen molar-refractivity contribution in [1.29, 1.82) is 0 Å². The Kier molecular flexibility index (Phi) is 4.59. The van der Waals surface area contributed by atoms with E-state index >= 15 is 0 Å². The van der Waals surface area contributed by atoms with Crippen LogP contribution in [0.15, 0.2) is 24.3 Å². The van der Waals surface area contributed by atoms with Gasteiger partial charge in [-0.15, -0.1) is 0 Å². The zero-order chi connectivity index (χ0) is 13.8. The molecule has 2 atom stereocenters. The molecule has 1 aliphatic rings. The number of amides is 1. The zero-order valence-corrected chi connectivity index (χ0v) is 11.9. The molecule has 0 spiro atoms. The number of aryl methyl sites for hydroxylation is 1. The van der Waals surface area contributed by atoms with Crippen LogP contribution in [-0.2, 0) is 4.79 Å². The summed E-state index contributed by atoms with van der Waals surface area (Å²) in [6.07, 6.45) is 3.94. The first-order valence-electron chi connectivity index (χ1n) is 7.26. The van der Waals surface area contributed by atoms with Gasteiger partial charge in [-0.05, 0) is 44.7 Å². The van der Waals surface area contributed by atoms with Crippen molar-refractivity contribution < 1.29 is 4.79 Å². The van der Waals surface area contributed by atoms with Crippen molar-refractivity contribution in [2.24, 2.45) is 11.7 Å². The van der Waals surface area contributed by atoms with E-state index in [1.165, 1.54) is 0 Å². The van der Waals surface area contributed by atoms with Crippen LogP contribution in [0.2, 0.25) is 0 Å². The van der Waals surface area contributed by atoms with E-state index in [0.717, 1.165) is 43.5 Å². The van der Waals surface area contributed by atoms with Gasteiger partial charge in [0.2, 0.25) is 5.91 Å². The van der Waals surface area contributed by atoms with Crippen LogP contribution in [0.1, 0.15) is 38.2 Å². The fraction of sp³-hybridized carbons (Fsp3) is 0.562. The second-order valence-electron chi connectivity index (χ2n) is 5.49. The zero-order valence-electron chi connectivity index (χ0n) is 11.9. The Bertz CT molecular complexity index is 444. The SMILES string of the molecule is CCN(C(=O)C1CCCC(N)C1)c1ccccc1C. The molecule has 0 aliphatic heterocycles. The fourth-order valence-electron chi connectivity index (χ4n) is 2.98. The minimum atomic E-state index is 0.100. The third kappa shape index (κ3) is 3.16. The summed E-state index contributed by atoms with van der Waals surface area (Å²) in [4.78, 5) is 14.6. The summed E-state index contributed by atoms with van der Waals surface area (Å²) in [7, 11) is 0. The van der Waals surface area contributed by atoms with Crippen LogP contribution in [0.4, 0.5) is 5.69 Å². The summed E-state index contributed by atoms with van der Waals surface area (Å²) >= 11 is 0. The Hall–Kier alpha value is -1.35. The summed E-state index contributed by atoms with van der Waals surface area (Å²) in [6.45, 7) is 4.81. The maximum absolute atomic E-state index is 12.7. The Morgan fingerprint density at radius 2 is 2.11 bits per heavy atom. The van der Waals surface area contributed by atoms with Crippen molar-refractivity contribution in [1.82, 2.24) is 0 Å². The van der Waals surface area contributed by atoms with Crippen LogP contribution in [0, 0.1) is 12.8 Å². The molecular formula is C16H24N2O. The number of carbonyl (C=O) groups is 1. The number of hydrogen-bond acceptors (Lipinski definition) is 2. The van der Waals surface area contributed by atoms with E-state index in [-0.39, 0.29) is 17.9 Å². The van der Waals surface area contributed by atoms with E-state index in [9.17, 15) is 4.79 Å². The Balaban J connectivity index is 2.17. The van der Waals surface area contributed by atoms with E-state index in [2.05, 4.69) is 13.0 Å². The number of para-hydroxylation sites is 1. The first-order chi connectivity index (χ1) is 9.13. The maximum Gasteiger partial charge on any atom is 0.230 e. The first kappa shape index (κ1) is 14.1. The summed E-state index contributed by atoms with van der Waals surface area (Å²) in [5.41, 5.74) is 8.19. The van der Waals surface area contributed by atoms with E-state index in [4.69, 9.17) is 5.73 Å². The van der Waals surface area contributed by atoms with Crippen molar-refractivity contribution >= 4 is 11.6 Å². The Morgan fingerprint density at radius 1 is 1.37 bits per heavy atom.